The topological polar surface area (TPSA) is 49.7 Å². The molecule has 0 bridgehead atoms. The average Bonchev–Trinajstić information content (AvgIpc) is 2.52. The van der Waals surface area contributed by atoms with Crippen molar-refractivity contribution in [2.75, 3.05) is 6.61 Å². The zero-order valence-corrected chi connectivity index (χ0v) is 13.2. The minimum absolute atomic E-state index is 0.0000190. The van der Waals surface area contributed by atoms with Crippen LogP contribution in [0.15, 0.2) is 54.1 Å². The second-order valence-electron chi connectivity index (χ2n) is 6.03. The van der Waals surface area contributed by atoms with Crippen molar-refractivity contribution in [3.8, 4) is 0 Å². The zero-order chi connectivity index (χ0) is 15.8. The summed E-state index contributed by atoms with van der Waals surface area (Å²) in [6, 6.07) is 10.4. The molecule has 1 aromatic carbocycles. The Labute approximate surface area is 132 Å². The molecule has 120 valence electrons. The van der Waals surface area contributed by atoms with Crippen LogP contribution >= 0.6 is 0 Å². The van der Waals surface area contributed by atoms with Gasteiger partial charge in [0, 0.05) is 6.42 Å². The van der Waals surface area contributed by atoms with Crippen molar-refractivity contribution >= 4 is 0 Å². The molecule has 2 N–H and O–H groups in total. The Bertz CT molecular complexity index is 493. The van der Waals surface area contributed by atoms with Gasteiger partial charge in [-0.3, -0.25) is 0 Å². The summed E-state index contributed by atoms with van der Waals surface area (Å²) in [5.41, 5.74) is 2.62. The molecule has 0 radical (unpaired) electrons. The van der Waals surface area contributed by atoms with E-state index in [-0.39, 0.29) is 24.9 Å². The SMILES string of the molecule is C/C(=C\C=C/C[C@H]1C[C@@H](O)C[C@@H](CO)O1)Cc1ccccc1. The number of benzene rings is 1. The summed E-state index contributed by atoms with van der Waals surface area (Å²) in [6.07, 6.45) is 8.56. The summed E-state index contributed by atoms with van der Waals surface area (Å²) >= 11 is 0. The van der Waals surface area contributed by atoms with E-state index in [0.717, 1.165) is 12.8 Å². The number of hydrogen-bond donors (Lipinski definition) is 2. The second-order valence-corrected chi connectivity index (χ2v) is 6.03. The van der Waals surface area contributed by atoms with E-state index >= 15 is 0 Å². The monoisotopic (exact) mass is 302 g/mol. The molecule has 3 atom stereocenters. The molecule has 3 nitrogen and oxygen atoms in total. The van der Waals surface area contributed by atoms with Crippen LogP contribution in [0, 0.1) is 0 Å². The van der Waals surface area contributed by atoms with Crippen LogP contribution in [-0.4, -0.2) is 35.1 Å². The van der Waals surface area contributed by atoms with Gasteiger partial charge in [-0.05, 0) is 31.7 Å². The van der Waals surface area contributed by atoms with E-state index in [1.54, 1.807) is 0 Å². The maximum atomic E-state index is 9.76. The van der Waals surface area contributed by atoms with E-state index in [1.807, 2.05) is 6.07 Å². The number of hydrogen-bond acceptors (Lipinski definition) is 3. The van der Waals surface area contributed by atoms with Crippen LogP contribution in [0.1, 0.15) is 31.7 Å². The van der Waals surface area contributed by atoms with E-state index < -0.39 is 0 Å². The molecule has 0 amide bonds. The highest BCUT2D eigenvalue weighted by molar-refractivity contribution is 5.23. The van der Waals surface area contributed by atoms with Gasteiger partial charge in [-0.1, -0.05) is 54.1 Å². The molecule has 3 heteroatoms. The van der Waals surface area contributed by atoms with Crippen molar-refractivity contribution in [2.24, 2.45) is 0 Å². The molecule has 1 aliphatic heterocycles. The van der Waals surface area contributed by atoms with Gasteiger partial charge in [0.05, 0.1) is 24.9 Å². The molecular weight excluding hydrogens is 276 g/mol. The van der Waals surface area contributed by atoms with Crippen LogP contribution in [-0.2, 0) is 11.2 Å². The maximum absolute atomic E-state index is 9.76. The summed E-state index contributed by atoms with van der Waals surface area (Å²) in [5, 5.41) is 18.9. The van der Waals surface area contributed by atoms with Gasteiger partial charge in [0.1, 0.15) is 0 Å². The van der Waals surface area contributed by atoms with Gasteiger partial charge in [-0.15, -0.1) is 0 Å². The number of aliphatic hydroxyl groups is 2. The highest BCUT2D eigenvalue weighted by Crippen LogP contribution is 2.22. The van der Waals surface area contributed by atoms with Crippen molar-refractivity contribution in [2.45, 2.75) is 50.9 Å². The molecule has 1 aromatic rings. The molecule has 1 aliphatic rings. The Hall–Kier alpha value is -1.42. The minimum atomic E-state index is -0.361. The molecule has 1 heterocycles. The fourth-order valence-corrected chi connectivity index (χ4v) is 2.80. The highest BCUT2D eigenvalue weighted by Gasteiger charge is 2.26. The lowest BCUT2D eigenvalue weighted by molar-refractivity contribution is -0.110. The van der Waals surface area contributed by atoms with Crippen molar-refractivity contribution < 1.29 is 14.9 Å². The molecule has 0 aliphatic carbocycles. The van der Waals surface area contributed by atoms with Gasteiger partial charge < -0.3 is 14.9 Å². The lowest BCUT2D eigenvalue weighted by Crippen LogP contribution is -2.37. The Balaban J connectivity index is 1.78. The second kappa shape index (κ2) is 8.89. The summed E-state index contributed by atoms with van der Waals surface area (Å²) in [7, 11) is 0. The number of aliphatic hydroxyl groups excluding tert-OH is 2. The van der Waals surface area contributed by atoms with E-state index in [9.17, 15) is 5.11 Å². The lowest BCUT2D eigenvalue weighted by atomic mass is 9.99. The van der Waals surface area contributed by atoms with E-state index in [4.69, 9.17) is 9.84 Å². The molecule has 0 saturated carbocycles. The van der Waals surface area contributed by atoms with Crippen LogP contribution in [0.4, 0.5) is 0 Å². The molecule has 0 spiro atoms. The molecule has 0 unspecified atom stereocenters. The van der Waals surface area contributed by atoms with Gasteiger partial charge in [0.15, 0.2) is 0 Å². The van der Waals surface area contributed by atoms with E-state index in [0.29, 0.717) is 12.8 Å². The molecule has 2 rings (SSSR count). The predicted octanol–water partition coefficient (Wildman–Crippen LogP) is 3.02. The first-order chi connectivity index (χ1) is 10.7. The fraction of sp³-hybridized carbons (Fsp3) is 0.474. The zero-order valence-electron chi connectivity index (χ0n) is 13.2. The first kappa shape index (κ1) is 16.9. The van der Waals surface area contributed by atoms with Crippen LogP contribution in [0.3, 0.4) is 0 Å². The molecule has 1 saturated heterocycles. The average molecular weight is 302 g/mol. The van der Waals surface area contributed by atoms with Crippen molar-refractivity contribution in [3.05, 3.63) is 59.7 Å². The Morgan fingerprint density at radius 2 is 1.95 bits per heavy atom. The summed E-state index contributed by atoms with van der Waals surface area (Å²) < 4.78 is 5.73. The third kappa shape index (κ3) is 5.76. The largest absolute Gasteiger partial charge is 0.394 e. The van der Waals surface area contributed by atoms with Crippen molar-refractivity contribution in [1.29, 1.82) is 0 Å². The van der Waals surface area contributed by atoms with Gasteiger partial charge >= 0.3 is 0 Å². The number of rotatable bonds is 6. The lowest BCUT2D eigenvalue weighted by Gasteiger charge is -2.31. The maximum Gasteiger partial charge on any atom is 0.0834 e. The number of ether oxygens (including phenoxy) is 1. The third-order valence-corrected chi connectivity index (χ3v) is 3.90. The van der Waals surface area contributed by atoms with Gasteiger partial charge in [0.25, 0.3) is 0 Å². The van der Waals surface area contributed by atoms with Crippen LogP contribution in [0.2, 0.25) is 0 Å². The number of allylic oxidation sites excluding steroid dienone is 3. The Morgan fingerprint density at radius 1 is 1.23 bits per heavy atom. The minimum Gasteiger partial charge on any atom is -0.394 e. The fourth-order valence-electron chi connectivity index (χ4n) is 2.80. The van der Waals surface area contributed by atoms with Gasteiger partial charge in [-0.25, -0.2) is 0 Å². The van der Waals surface area contributed by atoms with E-state index in [1.165, 1.54) is 11.1 Å². The molecule has 1 fully saturated rings. The van der Waals surface area contributed by atoms with Crippen LogP contribution < -0.4 is 0 Å². The Morgan fingerprint density at radius 3 is 2.68 bits per heavy atom. The Kier molecular flexibility index (Phi) is 6.84. The van der Waals surface area contributed by atoms with Crippen LogP contribution in [0.25, 0.3) is 0 Å². The highest BCUT2D eigenvalue weighted by atomic mass is 16.5. The van der Waals surface area contributed by atoms with Gasteiger partial charge in [0.2, 0.25) is 0 Å². The first-order valence-electron chi connectivity index (χ1n) is 7.98. The summed E-state index contributed by atoms with van der Waals surface area (Å²) in [4.78, 5) is 0. The van der Waals surface area contributed by atoms with E-state index in [2.05, 4.69) is 49.4 Å². The van der Waals surface area contributed by atoms with Crippen molar-refractivity contribution in [3.63, 3.8) is 0 Å². The molecule has 22 heavy (non-hydrogen) atoms. The first-order valence-corrected chi connectivity index (χ1v) is 7.98. The standard InChI is InChI=1S/C19H26O3/c1-15(11-16-8-3-2-4-9-16)7-5-6-10-18-12-17(21)13-19(14-20)22-18/h2-9,17-21H,10-14H2,1H3/b6-5-,15-7+/t17-,18+,19+/m1/s1. The molecule has 0 aromatic heterocycles. The summed E-state index contributed by atoms with van der Waals surface area (Å²) in [5.74, 6) is 0. The quantitative estimate of drug-likeness (QED) is 0.794. The molecular formula is C19H26O3. The van der Waals surface area contributed by atoms with Gasteiger partial charge in [-0.2, -0.15) is 0 Å². The summed E-state index contributed by atoms with van der Waals surface area (Å²) in [6.45, 7) is 2.10. The third-order valence-electron chi connectivity index (χ3n) is 3.90. The van der Waals surface area contributed by atoms with Crippen LogP contribution in [0.5, 0.6) is 0 Å². The normalized spacial score (nSPS) is 26.5. The predicted molar refractivity (Wildman–Crippen MR) is 88.6 cm³/mol. The van der Waals surface area contributed by atoms with Crippen molar-refractivity contribution in [1.82, 2.24) is 0 Å². The smallest absolute Gasteiger partial charge is 0.0834 e.